The highest BCUT2D eigenvalue weighted by Gasteiger charge is 2.29. The molecule has 0 amide bonds. The van der Waals surface area contributed by atoms with E-state index in [0.29, 0.717) is 12.0 Å². The largest absolute Gasteiger partial charge is 0.373 e. The number of aromatic nitrogens is 4. The van der Waals surface area contributed by atoms with E-state index in [1.165, 1.54) is 25.7 Å². The zero-order valence-corrected chi connectivity index (χ0v) is 11.0. The summed E-state index contributed by atoms with van der Waals surface area (Å²) in [6.07, 6.45) is 8.76. The summed E-state index contributed by atoms with van der Waals surface area (Å²) in [5, 5.41) is 3.14. The van der Waals surface area contributed by atoms with Crippen LogP contribution in [0.25, 0.3) is 11.5 Å². The van der Waals surface area contributed by atoms with Gasteiger partial charge in [-0.15, -0.1) is 0 Å². The maximum atomic E-state index is 4.74. The normalized spacial score (nSPS) is 18.6. The second kappa shape index (κ2) is 4.05. The van der Waals surface area contributed by atoms with E-state index < -0.39 is 0 Å². The van der Waals surface area contributed by atoms with Crippen LogP contribution in [0.5, 0.6) is 0 Å². The Hall–Kier alpha value is -1.91. The molecule has 4 rings (SSSR count). The smallest absolute Gasteiger partial charge is 0.180 e. The molecule has 0 radical (unpaired) electrons. The Balaban J connectivity index is 1.80. The highest BCUT2D eigenvalue weighted by molar-refractivity contribution is 5.54. The minimum atomic E-state index is 0.601. The van der Waals surface area contributed by atoms with Crippen molar-refractivity contribution in [2.75, 3.05) is 12.4 Å². The van der Waals surface area contributed by atoms with Crippen molar-refractivity contribution in [3.8, 4) is 11.5 Å². The number of nitrogens with one attached hydrogen (secondary N) is 1. The number of nitrogens with zero attached hydrogens (tertiary/aromatic N) is 4. The molecule has 2 aliphatic rings. The van der Waals surface area contributed by atoms with Crippen LogP contribution in [-0.4, -0.2) is 26.6 Å². The van der Waals surface area contributed by atoms with E-state index in [2.05, 4.69) is 25.9 Å². The minimum absolute atomic E-state index is 0.601. The van der Waals surface area contributed by atoms with Gasteiger partial charge < -0.3 is 9.88 Å². The van der Waals surface area contributed by atoms with E-state index in [0.717, 1.165) is 23.0 Å². The molecule has 0 aliphatic heterocycles. The lowest BCUT2D eigenvalue weighted by Crippen LogP contribution is -2.03. The monoisotopic (exact) mass is 255 g/mol. The molecule has 0 saturated heterocycles. The fourth-order valence-electron chi connectivity index (χ4n) is 2.42. The van der Waals surface area contributed by atoms with E-state index in [9.17, 15) is 0 Å². The predicted octanol–water partition coefficient (Wildman–Crippen LogP) is 2.59. The van der Waals surface area contributed by atoms with Crippen molar-refractivity contribution in [1.82, 2.24) is 19.5 Å². The highest BCUT2D eigenvalue weighted by Crippen LogP contribution is 2.41. The lowest BCUT2D eigenvalue weighted by atomic mass is 10.2. The molecule has 0 atom stereocenters. The molecule has 2 heterocycles. The SMILES string of the molecule is CNc1cc(C2CC2)nc(-c2cncn2C2CC2)n1. The van der Waals surface area contributed by atoms with Crippen molar-refractivity contribution in [3.05, 3.63) is 24.3 Å². The lowest BCUT2D eigenvalue weighted by Gasteiger charge is -2.09. The van der Waals surface area contributed by atoms with Gasteiger partial charge in [-0.2, -0.15) is 0 Å². The van der Waals surface area contributed by atoms with Crippen LogP contribution in [0, 0.1) is 0 Å². The van der Waals surface area contributed by atoms with Gasteiger partial charge in [-0.1, -0.05) is 0 Å². The van der Waals surface area contributed by atoms with Gasteiger partial charge in [0.05, 0.1) is 12.5 Å². The molecular formula is C14H17N5. The summed E-state index contributed by atoms with van der Waals surface area (Å²) in [5.74, 6) is 2.33. The first-order valence-corrected chi connectivity index (χ1v) is 6.94. The van der Waals surface area contributed by atoms with Crippen molar-refractivity contribution in [2.24, 2.45) is 0 Å². The molecule has 0 bridgehead atoms. The summed E-state index contributed by atoms with van der Waals surface area (Å²) < 4.78 is 2.21. The second-order valence-corrected chi connectivity index (χ2v) is 5.44. The Labute approximate surface area is 112 Å². The molecule has 0 spiro atoms. The molecule has 5 nitrogen and oxygen atoms in total. The van der Waals surface area contributed by atoms with Crippen molar-refractivity contribution >= 4 is 5.82 Å². The predicted molar refractivity (Wildman–Crippen MR) is 73.0 cm³/mol. The molecule has 2 fully saturated rings. The van der Waals surface area contributed by atoms with E-state index in [-0.39, 0.29) is 0 Å². The van der Waals surface area contributed by atoms with Crippen LogP contribution in [0.1, 0.15) is 43.3 Å². The number of anilines is 1. The molecule has 5 heteroatoms. The van der Waals surface area contributed by atoms with E-state index in [1.54, 1.807) is 0 Å². The number of imidazole rings is 1. The van der Waals surface area contributed by atoms with Crippen molar-refractivity contribution < 1.29 is 0 Å². The average Bonchev–Trinajstić information content (AvgIpc) is 3.36. The van der Waals surface area contributed by atoms with Gasteiger partial charge in [0.15, 0.2) is 5.82 Å². The summed E-state index contributed by atoms with van der Waals surface area (Å²) >= 11 is 0. The fraction of sp³-hybridized carbons (Fsp3) is 0.500. The van der Waals surface area contributed by atoms with Gasteiger partial charge in [0.25, 0.3) is 0 Å². The Kier molecular flexibility index (Phi) is 2.33. The van der Waals surface area contributed by atoms with E-state index >= 15 is 0 Å². The van der Waals surface area contributed by atoms with Crippen LogP contribution in [0.4, 0.5) is 5.82 Å². The van der Waals surface area contributed by atoms with Gasteiger partial charge in [-0.25, -0.2) is 15.0 Å². The molecule has 0 unspecified atom stereocenters. The Morgan fingerprint density at radius 2 is 2.05 bits per heavy atom. The molecule has 2 aromatic heterocycles. The average molecular weight is 255 g/mol. The molecule has 1 N–H and O–H groups in total. The standard InChI is InChI=1S/C14H17N5/c1-15-13-6-11(9-2-3-9)17-14(18-13)12-7-16-8-19(12)10-4-5-10/h6-10H,2-5H2,1H3,(H,15,17,18). The maximum Gasteiger partial charge on any atom is 0.180 e. The van der Waals surface area contributed by atoms with Gasteiger partial charge in [-0.3, -0.25) is 0 Å². The van der Waals surface area contributed by atoms with E-state index in [4.69, 9.17) is 4.98 Å². The maximum absolute atomic E-state index is 4.74. The van der Waals surface area contributed by atoms with Crippen LogP contribution in [0.3, 0.4) is 0 Å². The second-order valence-electron chi connectivity index (χ2n) is 5.44. The summed E-state index contributed by atoms with van der Waals surface area (Å²) in [6, 6.07) is 2.67. The van der Waals surface area contributed by atoms with Crippen molar-refractivity contribution in [3.63, 3.8) is 0 Å². The topological polar surface area (TPSA) is 55.6 Å². The van der Waals surface area contributed by atoms with Gasteiger partial charge in [0, 0.05) is 30.8 Å². The fourth-order valence-corrected chi connectivity index (χ4v) is 2.42. The van der Waals surface area contributed by atoms with Crippen LogP contribution in [-0.2, 0) is 0 Å². The van der Waals surface area contributed by atoms with Gasteiger partial charge in [0.2, 0.25) is 0 Å². The van der Waals surface area contributed by atoms with Gasteiger partial charge in [0.1, 0.15) is 11.5 Å². The number of rotatable bonds is 4. The third-order valence-electron chi connectivity index (χ3n) is 3.83. The first kappa shape index (κ1) is 11.0. The van der Waals surface area contributed by atoms with Crippen LogP contribution >= 0.6 is 0 Å². The molecular weight excluding hydrogens is 238 g/mol. The summed E-state index contributed by atoms with van der Waals surface area (Å²) in [6.45, 7) is 0. The number of hydrogen-bond acceptors (Lipinski definition) is 4. The zero-order valence-electron chi connectivity index (χ0n) is 11.0. The quantitative estimate of drug-likeness (QED) is 0.912. The first-order valence-electron chi connectivity index (χ1n) is 6.94. The molecule has 0 aromatic carbocycles. The van der Waals surface area contributed by atoms with Crippen LogP contribution < -0.4 is 5.32 Å². The minimum Gasteiger partial charge on any atom is -0.373 e. The summed E-state index contributed by atoms with van der Waals surface area (Å²) in [7, 11) is 1.90. The van der Waals surface area contributed by atoms with Gasteiger partial charge >= 0.3 is 0 Å². The van der Waals surface area contributed by atoms with Crippen molar-refractivity contribution in [1.29, 1.82) is 0 Å². The Bertz CT molecular complexity index is 610. The van der Waals surface area contributed by atoms with Crippen molar-refractivity contribution in [2.45, 2.75) is 37.6 Å². The summed E-state index contributed by atoms with van der Waals surface area (Å²) in [4.78, 5) is 13.6. The third-order valence-corrected chi connectivity index (χ3v) is 3.83. The molecule has 19 heavy (non-hydrogen) atoms. The molecule has 2 aliphatic carbocycles. The summed E-state index contributed by atoms with van der Waals surface area (Å²) in [5.41, 5.74) is 2.21. The van der Waals surface area contributed by atoms with Crippen LogP contribution in [0.2, 0.25) is 0 Å². The third kappa shape index (κ3) is 1.99. The van der Waals surface area contributed by atoms with E-state index in [1.807, 2.05) is 19.6 Å². The number of hydrogen-bond donors (Lipinski definition) is 1. The highest BCUT2D eigenvalue weighted by atomic mass is 15.1. The first-order chi connectivity index (χ1) is 9.35. The molecule has 2 aromatic rings. The van der Waals surface area contributed by atoms with Crippen LogP contribution in [0.15, 0.2) is 18.6 Å². The lowest BCUT2D eigenvalue weighted by molar-refractivity contribution is 0.742. The molecule has 98 valence electrons. The zero-order chi connectivity index (χ0) is 12.8. The molecule has 2 saturated carbocycles. The Morgan fingerprint density at radius 3 is 2.74 bits per heavy atom. The Morgan fingerprint density at radius 1 is 1.21 bits per heavy atom. The van der Waals surface area contributed by atoms with Gasteiger partial charge in [-0.05, 0) is 25.7 Å².